The zero-order valence-electron chi connectivity index (χ0n) is 11.6. The monoisotopic (exact) mass is 290 g/mol. The van der Waals surface area contributed by atoms with Gasteiger partial charge in [-0.1, -0.05) is 30.7 Å². The summed E-state index contributed by atoms with van der Waals surface area (Å²) >= 11 is 5.84. The summed E-state index contributed by atoms with van der Waals surface area (Å²) < 4.78 is 5.69. The van der Waals surface area contributed by atoms with Crippen LogP contribution in [-0.2, 0) is 13.2 Å². The average Bonchev–Trinajstić information content (AvgIpc) is 2.48. The van der Waals surface area contributed by atoms with Gasteiger partial charge in [0.05, 0.1) is 11.9 Å². The van der Waals surface area contributed by atoms with Crippen LogP contribution in [0.2, 0.25) is 5.02 Å². The van der Waals surface area contributed by atoms with E-state index in [1.807, 2.05) is 36.4 Å². The molecule has 106 valence electrons. The molecule has 0 unspecified atom stereocenters. The van der Waals surface area contributed by atoms with Crippen LogP contribution in [0.4, 0.5) is 0 Å². The third-order valence-corrected chi connectivity index (χ3v) is 3.10. The number of pyridine rings is 1. The van der Waals surface area contributed by atoms with Crippen molar-refractivity contribution < 1.29 is 4.74 Å². The highest BCUT2D eigenvalue weighted by Gasteiger charge is 1.98. The van der Waals surface area contributed by atoms with Gasteiger partial charge in [-0.05, 0) is 42.8 Å². The largest absolute Gasteiger partial charge is 0.487 e. The van der Waals surface area contributed by atoms with Crippen molar-refractivity contribution in [2.24, 2.45) is 0 Å². The van der Waals surface area contributed by atoms with E-state index in [1.165, 1.54) is 0 Å². The normalized spacial score (nSPS) is 10.5. The summed E-state index contributed by atoms with van der Waals surface area (Å²) in [5.41, 5.74) is 2.11. The molecule has 0 saturated carbocycles. The predicted octanol–water partition coefficient (Wildman–Crippen LogP) is 3.81. The molecular weight excluding hydrogens is 272 g/mol. The van der Waals surface area contributed by atoms with Crippen LogP contribution in [0, 0.1) is 0 Å². The summed E-state index contributed by atoms with van der Waals surface area (Å²) in [6, 6.07) is 11.6. The molecule has 0 fully saturated rings. The molecule has 0 aliphatic rings. The van der Waals surface area contributed by atoms with E-state index in [4.69, 9.17) is 16.3 Å². The molecule has 4 heteroatoms. The zero-order chi connectivity index (χ0) is 14.2. The highest BCUT2D eigenvalue weighted by molar-refractivity contribution is 6.30. The SMILES string of the molecule is CCCNCc1ccc(OCc2ccc(Cl)cc2)cn1. The molecule has 0 radical (unpaired) electrons. The summed E-state index contributed by atoms with van der Waals surface area (Å²) in [5, 5.41) is 4.05. The Morgan fingerprint density at radius 2 is 1.95 bits per heavy atom. The maximum atomic E-state index is 5.84. The van der Waals surface area contributed by atoms with Crippen molar-refractivity contribution >= 4 is 11.6 Å². The smallest absolute Gasteiger partial charge is 0.138 e. The first-order valence-electron chi connectivity index (χ1n) is 6.81. The van der Waals surface area contributed by atoms with Crippen LogP contribution in [0.5, 0.6) is 5.75 Å². The van der Waals surface area contributed by atoms with Gasteiger partial charge in [-0.25, -0.2) is 0 Å². The van der Waals surface area contributed by atoms with E-state index >= 15 is 0 Å². The molecule has 2 rings (SSSR count). The van der Waals surface area contributed by atoms with Gasteiger partial charge < -0.3 is 10.1 Å². The third-order valence-electron chi connectivity index (χ3n) is 2.85. The van der Waals surface area contributed by atoms with Gasteiger partial charge >= 0.3 is 0 Å². The van der Waals surface area contributed by atoms with E-state index in [9.17, 15) is 0 Å². The summed E-state index contributed by atoms with van der Waals surface area (Å²) in [7, 11) is 0. The van der Waals surface area contributed by atoms with Crippen molar-refractivity contribution in [2.45, 2.75) is 26.5 Å². The lowest BCUT2D eigenvalue weighted by atomic mass is 10.2. The molecule has 0 aliphatic heterocycles. The first-order chi connectivity index (χ1) is 9.78. The van der Waals surface area contributed by atoms with Crippen molar-refractivity contribution in [1.29, 1.82) is 0 Å². The number of nitrogens with zero attached hydrogens (tertiary/aromatic N) is 1. The Bertz CT molecular complexity index is 511. The van der Waals surface area contributed by atoms with Gasteiger partial charge in [0.25, 0.3) is 0 Å². The fourth-order valence-corrected chi connectivity index (χ4v) is 1.87. The quantitative estimate of drug-likeness (QED) is 0.787. The number of halogens is 1. The van der Waals surface area contributed by atoms with Gasteiger partial charge in [-0.2, -0.15) is 0 Å². The molecule has 3 nitrogen and oxygen atoms in total. The van der Waals surface area contributed by atoms with Crippen LogP contribution in [-0.4, -0.2) is 11.5 Å². The van der Waals surface area contributed by atoms with Gasteiger partial charge in [0.2, 0.25) is 0 Å². The second kappa shape index (κ2) is 7.88. The van der Waals surface area contributed by atoms with E-state index in [-0.39, 0.29) is 0 Å². The van der Waals surface area contributed by atoms with Crippen LogP contribution in [0.25, 0.3) is 0 Å². The lowest BCUT2D eigenvalue weighted by Crippen LogP contribution is -2.14. The second-order valence-corrected chi connectivity index (χ2v) is 5.01. The Hall–Kier alpha value is -1.58. The zero-order valence-corrected chi connectivity index (χ0v) is 12.4. The predicted molar refractivity (Wildman–Crippen MR) is 82.0 cm³/mol. The van der Waals surface area contributed by atoms with E-state index in [1.54, 1.807) is 6.20 Å². The standard InChI is InChI=1S/C16H19ClN2O/c1-2-9-18-10-15-7-8-16(11-19-15)20-12-13-3-5-14(17)6-4-13/h3-8,11,18H,2,9-10,12H2,1H3. The minimum absolute atomic E-state index is 0.520. The summed E-state index contributed by atoms with van der Waals surface area (Å²) in [4.78, 5) is 4.37. The Kier molecular flexibility index (Phi) is 5.84. The van der Waals surface area contributed by atoms with E-state index in [2.05, 4.69) is 17.2 Å². The second-order valence-electron chi connectivity index (χ2n) is 4.58. The highest BCUT2D eigenvalue weighted by atomic mass is 35.5. The number of aromatic nitrogens is 1. The van der Waals surface area contributed by atoms with Gasteiger partial charge in [-0.3, -0.25) is 4.98 Å². The Balaban J connectivity index is 1.82. The summed E-state index contributed by atoms with van der Waals surface area (Å²) in [5.74, 6) is 0.777. The molecule has 0 aliphatic carbocycles. The first-order valence-corrected chi connectivity index (χ1v) is 7.18. The van der Waals surface area contributed by atoms with Crippen LogP contribution in [0.15, 0.2) is 42.6 Å². The molecular formula is C16H19ClN2O. The Morgan fingerprint density at radius 3 is 2.60 bits per heavy atom. The molecule has 0 atom stereocenters. The minimum Gasteiger partial charge on any atom is -0.487 e. The van der Waals surface area contributed by atoms with Crippen LogP contribution < -0.4 is 10.1 Å². The van der Waals surface area contributed by atoms with Crippen molar-refractivity contribution in [1.82, 2.24) is 10.3 Å². The molecule has 1 aromatic heterocycles. The summed E-state index contributed by atoms with van der Waals surface area (Å²) in [6.07, 6.45) is 2.89. The topological polar surface area (TPSA) is 34.1 Å². The van der Waals surface area contributed by atoms with Gasteiger partial charge in [0, 0.05) is 11.6 Å². The maximum Gasteiger partial charge on any atom is 0.138 e. The number of hydrogen-bond acceptors (Lipinski definition) is 3. The number of rotatable bonds is 7. The minimum atomic E-state index is 0.520. The van der Waals surface area contributed by atoms with Gasteiger partial charge in [0.1, 0.15) is 12.4 Å². The van der Waals surface area contributed by atoms with Crippen molar-refractivity contribution in [2.75, 3.05) is 6.54 Å². The van der Waals surface area contributed by atoms with Gasteiger partial charge in [-0.15, -0.1) is 0 Å². The van der Waals surface area contributed by atoms with E-state index in [0.717, 1.165) is 41.5 Å². The fourth-order valence-electron chi connectivity index (χ4n) is 1.74. The molecule has 1 aromatic carbocycles. The number of ether oxygens (including phenoxy) is 1. The molecule has 0 bridgehead atoms. The van der Waals surface area contributed by atoms with Crippen LogP contribution >= 0.6 is 11.6 Å². The lowest BCUT2D eigenvalue weighted by Gasteiger charge is -2.07. The molecule has 0 spiro atoms. The summed E-state index contributed by atoms with van der Waals surface area (Å²) in [6.45, 7) is 4.47. The Morgan fingerprint density at radius 1 is 1.15 bits per heavy atom. The lowest BCUT2D eigenvalue weighted by molar-refractivity contribution is 0.305. The maximum absolute atomic E-state index is 5.84. The molecule has 1 heterocycles. The first kappa shape index (κ1) is 14.8. The highest BCUT2D eigenvalue weighted by Crippen LogP contribution is 2.14. The molecule has 0 amide bonds. The average molecular weight is 291 g/mol. The molecule has 1 N–H and O–H groups in total. The van der Waals surface area contributed by atoms with Gasteiger partial charge in [0.15, 0.2) is 0 Å². The van der Waals surface area contributed by atoms with Crippen LogP contribution in [0.1, 0.15) is 24.6 Å². The van der Waals surface area contributed by atoms with Crippen molar-refractivity contribution in [3.8, 4) is 5.75 Å². The third kappa shape index (κ3) is 4.83. The number of benzene rings is 1. The van der Waals surface area contributed by atoms with Crippen LogP contribution in [0.3, 0.4) is 0 Å². The van der Waals surface area contributed by atoms with Crippen molar-refractivity contribution in [3.05, 3.63) is 58.9 Å². The molecule has 0 saturated heterocycles. The fraction of sp³-hybridized carbons (Fsp3) is 0.312. The number of hydrogen-bond donors (Lipinski definition) is 1. The Labute approximate surface area is 124 Å². The van der Waals surface area contributed by atoms with E-state index in [0.29, 0.717) is 6.61 Å². The number of nitrogens with one attached hydrogen (secondary N) is 1. The van der Waals surface area contributed by atoms with E-state index < -0.39 is 0 Å². The van der Waals surface area contributed by atoms with Crippen molar-refractivity contribution in [3.63, 3.8) is 0 Å². The molecule has 2 aromatic rings. The molecule has 20 heavy (non-hydrogen) atoms.